The average Bonchev–Trinajstić information content (AvgIpc) is 2.35. The fourth-order valence-electron chi connectivity index (χ4n) is 1.50. The van der Waals surface area contributed by atoms with Gasteiger partial charge in [-0.3, -0.25) is 4.79 Å². The Morgan fingerprint density at radius 3 is 2.50 bits per heavy atom. The van der Waals surface area contributed by atoms with Crippen molar-refractivity contribution in [3.63, 3.8) is 0 Å². The fraction of sp³-hybridized carbons (Fsp3) is 0. The van der Waals surface area contributed by atoms with Gasteiger partial charge >= 0.3 is 0 Å². The van der Waals surface area contributed by atoms with E-state index >= 15 is 0 Å². The van der Waals surface area contributed by atoms with Gasteiger partial charge < -0.3 is 5.73 Å². The highest BCUT2D eigenvalue weighted by molar-refractivity contribution is 9.10. The molecule has 5 heteroatoms. The van der Waals surface area contributed by atoms with E-state index < -0.39 is 0 Å². The van der Waals surface area contributed by atoms with E-state index in [1.807, 2.05) is 0 Å². The van der Waals surface area contributed by atoms with E-state index in [4.69, 9.17) is 28.9 Å². The Morgan fingerprint density at radius 1 is 1.11 bits per heavy atom. The minimum atomic E-state index is -0.191. The Kier molecular flexibility index (Phi) is 3.95. The third-order valence-corrected chi connectivity index (χ3v) is 3.69. The number of anilines is 1. The van der Waals surface area contributed by atoms with Crippen LogP contribution in [0.3, 0.4) is 0 Å². The molecule has 2 aromatic rings. The molecule has 0 aliphatic rings. The topological polar surface area (TPSA) is 43.1 Å². The smallest absolute Gasteiger partial charge is 0.194 e. The summed E-state index contributed by atoms with van der Waals surface area (Å²) < 4.78 is 0.673. The number of hydrogen-bond acceptors (Lipinski definition) is 2. The van der Waals surface area contributed by atoms with Gasteiger partial charge in [-0.15, -0.1) is 0 Å². The van der Waals surface area contributed by atoms with E-state index in [1.165, 1.54) is 0 Å². The molecule has 2 nitrogen and oxygen atoms in total. The molecule has 0 amide bonds. The SMILES string of the molecule is Nc1ccc(C(=O)c2cc(Cl)ccc2Cl)cc1Br. The lowest BCUT2D eigenvalue weighted by Gasteiger charge is -2.06. The molecule has 0 unspecified atom stereocenters. The first-order chi connectivity index (χ1) is 8.49. The predicted octanol–water partition coefficient (Wildman–Crippen LogP) is 4.57. The van der Waals surface area contributed by atoms with Gasteiger partial charge in [0, 0.05) is 26.3 Å². The second kappa shape index (κ2) is 5.31. The van der Waals surface area contributed by atoms with Crippen molar-refractivity contribution in [3.8, 4) is 0 Å². The fourth-order valence-corrected chi connectivity index (χ4v) is 2.25. The van der Waals surface area contributed by atoms with E-state index in [2.05, 4.69) is 15.9 Å². The molecule has 0 saturated heterocycles. The molecule has 0 aliphatic carbocycles. The summed E-state index contributed by atoms with van der Waals surface area (Å²) in [6.07, 6.45) is 0. The Labute approximate surface area is 123 Å². The molecular formula is C13H8BrCl2NO. The van der Waals surface area contributed by atoms with Crippen molar-refractivity contribution < 1.29 is 4.79 Å². The monoisotopic (exact) mass is 343 g/mol. The van der Waals surface area contributed by atoms with Gasteiger partial charge in [0.1, 0.15) is 0 Å². The molecule has 2 aromatic carbocycles. The van der Waals surface area contributed by atoms with Crippen LogP contribution in [0.2, 0.25) is 10.0 Å². The highest BCUT2D eigenvalue weighted by Gasteiger charge is 2.14. The summed E-state index contributed by atoms with van der Waals surface area (Å²) in [6, 6.07) is 9.77. The first-order valence-electron chi connectivity index (χ1n) is 5.04. The second-order valence-electron chi connectivity index (χ2n) is 3.69. The molecule has 0 atom stereocenters. The summed E-state index contributed by atoms with van der Waals surface area (Å²) in [5.74, 6) is -0.191. The van der Waals surface area contributed by atoms with E-state index in [0.717, 1.165) is 0 Å². The van der Waals surface area contributed by atoms with Gasteiger partial charge in [-0.2, -0.15) is 0 Å². The third kappa shape index (κ3) is 2.69. The van der Waals surface area contributed by atoms with Crippen LogP contribution in [0, 0.1) is 0 Å². The summed E-state index contributed by atoms with van der Waals surface area (Å²) in [6.45, 7) is 0. The van der Waals surface area contributed by atoms with Gasteiger partial charge in [0.2, 0.25) is 0 Å². The lowest BCUT2D eigenvalue weighted by Crippen LogP contribution is -2.03. The first-order valence-corrected chi connectivity index (χ1v) is 6.58. The third-order valence-electron chi connectivity index (χ3n) is 2.44. The van der Waals surface area contributed by atoms with Crippen molar-refractivity contribution in [1.82, 2.24) is 0 Å². The average molecular weight is 345 g/mol. The maximum atomic E-state index is 12.3. The van der Waals surface area contributed by atoms with Crippen LogP contribution in [0.15, 0.2) is 40.9 Å². The quantitative estimate of drug-likeness (QED) is 0.640. The molecule has 92 valence electrons. The maximum absolute atomic E-state index is 12.3. The van der Waals surface area contributed by atoms with Crippen LogP contribution in [-0.2, 0) is 0 Å². The van der Waals surface area contributed by atoms with E-state index in [-0.39, 0.29) is 5.78 Å². The highest BCUT2D eigenvalue weighted by Crippen LogP contribution is 2.26. The van der Waals surface area contributed by atoms with Crippen LogP contribution < -0.4 is 5.73 Å². The van der Waals surface area contributed by atoms with Crippen molar-refractivity contribution in [3.05, 3.63) is 62.0 Å². The maximum Gasteiger partial charge on any atom is 0.194 e. The largest absolute Gasteiger partial charge is 0.398 e. The van der Waals surface area contributed by atoms with Gasteiger partial charge in [0.05, 0.1) is 5.02 Å². The summed E-state index contributed by atoms with van der Waals surface area (Å²) >= 11 is 15.1. The number of carbonyl (C=O) groups is 1. The molecular weight excluding hydrogens is 337 g/mol. The zero-order chi connectivity index (χ0) is 13.3. The zero-order valence-electron chi connectivity index (χ0n) is 9.08. The molecule has 2 rings (SSSR count). The molecule has 0 aromatic heterocycles. The molecule has 0 heterocycles. The van der Waals surface area contributed by atoms with Crippen molar-refractivity contribution in [2.45, 2.75) is 0 Å². The minimum absolute atomic E-state index is 0.191. The van der Waals surface area contributed by atoms with Crippen LogP contribution in [0.4, 0.5) is 5.69 Å². The molecule has 0 aliphatic heterocycles. The molecule has 0 saturated carbocycles. The van der Waals surface area contributed by atoms with Gasteiger partial charge in [-0.1, -0.05) is 23.2 Å². The van der Waals surface area contributed by atoms with Crippen molar-refractivity contribution >= 4 is 50.6 Å². The van der Waals surface area contributed by atoms with Gasteiger partial charge in [0.25, 0.3) is 0 Å². The lowest BCUT2D eigenvalue weighted by molar-refractivity contribution is 0.103. The highest BCUT2D eigenvalue weighted by atomic mass is 79.9. The number of ketones is 1. The normalized spacial score (nSPS) is 10.4. The Balaban J connectivity index is 2.47. The lowest BCUT2D eigenvalue weighted by atomic mass is 10.0. The number of carbonyl (C=O) groups excluding carboxylic acids is 1. The first kappa shape index (κ1) is 13.4. The van der Waals surface area contributed by atoms with Gasteiger partial charge in [0.15, 0.2) is 5.78 Å². The number of hydrogen-bond donors (Lipinski definition) is 1. The standard InChI is InChI=1S/C13H8BrCl2NO/c14-10-5-7(1-4-12(10)17)13(18)9-6-8(15)2-3-11(9)16/h1-6H,17H2. The molecule has 18 heavy (non-hydrogen) atoms. The molecule has 0 spiro atoms. The van der Waals surface area contributed by atoms with Crippen LogP contribution in [0.1, 0.15) is 15.9 Å². The summed E-state index contributed by atoms with van der Waals surface area (Å²) in [5.41, 5.74) is 7.13. The van der Waals surface area contributed by atoms with Gasteiger partial charge in [-0.05, 0) is 52.3 Å². The Morgan fingerprint density at radius 2 is 1.83 bits per heavy atom. The van der Waals surface area contributed by atoms with E-state index in [0.29, 0.717) is 31.3 Å². The number of nitrogens with two attached hydrogens (primary N) is 1. The number of benzene rings is 2. The molecule has 2 N–H and O–H groups in total. The molecule has 0 bridgehead atoms. The number of rotatable bonds is 2. The van der Waals surface area contributed by atoms with Crippen LogP contribution >= 0.6 is 39.1 Å². The van der Waals surface area contributed by atoms with E-state index in [9.17, 15) is 4.79 Å². The summed E-state index contributed by atoms with van der Waals surface area (Å²) in [5, 5.41) is 0.842. The minimum Gasteiger partial charge on any atom is -0.398 e. The number of nitrogen functional groups attached to an aromatic ring is 1. The predicted molar refractivity (Wildman–Crippen MR) is 78.4 cm³/mol. The summed E-state index contributed by atoms with van der Waals surface area (Å²) in [4.78, 5) is 12.3. The van der Waals surface area contributed by atoms with E-state index in [1.54, 1.807) is 36.4 Å². The van der Waals surface area contributed by atoms with Gasteiger partial charge in [-0.25, -0.2) is 0 Å². The number of halogens is 3. The second-order valence-corrected chi connectivity index (χ2v) is 5.39. The van der Waals surface area contributed by atoms with Crippen molar-refractivity contribution in [1.29, 1.82) is 0 Å². The van der Waals surface area contributed by atoms with Crippen LogP contribution in [0.25, 0.3) is 0 Å². The summed E-state index contributed by atoms with van der Waals surface area (Å²) in [7, 11) is 0. The van der Waals surface area contributed by atoms with Crippen LogP contribution in [0.5, 0.6) is 0 Å². The van der Waals surface area contributed by atoms with Crippen LogP contribution in [-0.4, -0.2) is 5.78 Å². The Hall–Kier alpha value is -1.03. The molecule has 0 radical (unpaired) electrons. The Bertz CT molecular complexity index is 628. The van der Waals surface area contributed by atoms with Crippen molar-refractivity contribution in [2.24, 2.45) is 0 Å². The zero-order valence-corrected chi connectivity index (χ0v) is 12.2. The van der Waals surface area contributed by atoms with Crippen molar-refractivity contribution in [2.75, 3.05) is 5.73 Å². The molecule has 0 fully saturated rings.